The van der Waals surface area contributed by atoms with Gasteiger partial charge in [0.25, 0.3) is 0 Å². The van der Waals surface area contributed by atoms with Crippen LogP contribution in [-0.4, -0.2) is 27.4 Å². The third-order valence-electron chi connectivity index (χ3n) is 7.03. The Balaban J connectivity index is 1.24. The average Bonchev–Trinajstić information content (AvgIpc) is 3.44. The highest BCUT2D eigenvalue weighted by Gasteiger charge is 2.37. The zero-order valence-electron chi connectivity index (χ0n) is 18.7. The highest BCUT2D eigenvalue weighted by molar-refractivity contribution is 5.81. The Morgan fingerprint density at radius 2 is 1.97 bits per heavy atom. The molecule has 6 nitrogen and oxygen atoms in total. The lowest BCUT2D eigenvalue weighted by Crippen LogP contribution is -2.37. The Hall–Kier alpha value is -3.24. The summed E-state index contributed by atoms with van der Waals surface area (Å²) < 4.78 is 16.1. The molecule has 1 aromatic heterocycles. The summed E-state index contributed by atoms with van der Waals surface area (Å²) >= 11 is 0. The number of benzene rings is 2. The minimum Gasteiger partial charge on any atom is -0.272 e. The molecule has 33 heavy (non-hydrogen) atoms. The molecule has 3 aromatic rings. The molecule has 1 atom stereocenters. The second-order valence-corrected chi connectivity index (χ2v) is 9.19. The monoisotopic (exact) mass is 446 g/mol. The fourth-order valence-corrected chi connectivity index (χ4v) is 5.31. The number of hydrogen-bond acceptors (Lipinski definition) is 4. The molecule has 1 aliphatic carbocycles. The second-order valence-electron chi connectivity index (χ2n) is 9.19. The molecule has 0 bridgehead atoms. The van der Waals surface area contributed by atoms with E-state index in [1.807, 2.05) is 25.1 Å². The molecule has 170 valence electrons. The topological polar surface area (TPSA) is 71.2 Å². The molecule has 0 spiro atoms. The quantitative estimate of drug-likeness (QED) is 0.561. The third-order valence-corrected chi connectivity index (χ3v) is 7.03. The molecule has 1 amide bonds. The molecular weight excluding hydrogens is 419 g/mol. The maximum absolute atomic E-state index is 14.0. The number of carbonyl (C=O) groups excluding carboxylic acids is 1. The van der Waals surface area contributed by atoms with Gasteiger partial charge in [0.1, 0.15) is 5.82 Å². The van der Waals surface area contributed by atoms with Crippen molar-refractivity contribution in [2.75, 3.05) is 6.61 Å². The maximum atomic E-state index is 14.0. The molecule has 2 aromatic carbocycles. The van der Waals surface area contributed by atoms with E-state index in [2.05, 4.69) is 16.8 Å². The highest BCUT2D eigenvalue weighted by atomic mass is 19.1. The Morgan fingerprint density at radius 1 is 1.18 bits per heavy atom. The lowest BCUT2D eigenvalue weighted by atomic mass is 9.81. The van der Waals surface area contributed by atoms with Crippen molar-refractivity contribution in [2.24, 2.45) is 11.8 Å². The fraction of sp³-hybridized carbons (Fsp3) is 0.423. The first-order chi connectivity index (χ1) is 16.0. The van der Waals surface area contributed by atoms with Gasteiger partial charge in [-0.2, -0.15) is 10.4 Å². The number of hydroxylamine groups is 2. The summed E-state index contributed by atoms with van der Waals surface area (Å²) in [6, 6.07) is 14.2. The number of amides is 1. The Kier molecular flexibility index (Phi) is 5.86. The van der Waals surface area contributed by atoms with Crippen LogP contribution in [0.5, 0.6) is 0 Å². The molecule has 0 N–H and O–H groups in total. The summed E-state index contributed by atoms with van der Waals surface area (Å²) in [6.07, 6.45) is 4.13. The Morgan fingerprint density at radius 3 is 2.76 bits per heavy atom. The van der Waals surface area contributed by atoms with Crippen LogP contribution in [0.15, 0.2) is 42.5 Å². The fourth-order valence-electron chi connectivity index (χ4n) is 5.31. The van der Waals surface area contributed by atoms with E-state index in [0.717, 1.165) is 43.4 Å². The van der Waals surface area contributed by atoms with Crippen LogP contribution in [0.1, 0.15) is 55.0 Å². The first-order valence-electron chi connectivity index (χ1n) is 11.6. The number of rotatable bonds is 4. The van der Waals surface area contributed by atoms with Gasteiger partial charge in [0.15, 0.2) is 0 Å². The van der Waals surface area contributed by atoms with Gasteiger partial charge in [0.05, 0.1) is 35.5 Å². The first-order valence-corrected chi connectivity index (χ1v) is 11.6. The third kappa shape index (κ3) is 4.23. The van der Waals surface area contributed by atoms with Crippen LogP contribution in [0.25, 0.3) is 10.9 Å². The van der Waals surface area contributed by atoms with Crippen molar-refractivity contribution in [1.29, 1.82) is 5.26 Å². The van der Waals surface area contributed by atoms with E-state index in [1.165, 1.54) is 22.6 Å². The summed E-state index contributed by atoms with van der Waals surface area (Å²) in [4.78, 5) is 19.0. The van der Waals surface area contributed by atoms with Gasteiger partial charge in [0, 0.05) is 24.3 Å². The predicted molar refractivity (Wildman–Crippen MR) is 121 cm³/mol. The van der Waals surface area contributed by atoms with Crippen molar-refractivity contribution in [3.8, 4) is 6.07 Å². The summed E-state index contributed by atoms with van der Waals surface area (Å²) in [6.45, 7) is 3.31. The van der Waals surface area contributed by atoms with Crippen LogP contribution in [0, 0.1) is 35.9 Å². The Labute approximate surface area is 192 Å². The largest absolute Gasteiger partial charge is 0.272 e. The molecule has 5 rings (SSSR count). The van der Waals surface area contributed by atoms with E-state index >= 15 is 0 Å². The molecule has 2 heterocycles. The van der Waals surface area contributed by atoms with E-state index < -0.39 is 5.82 Å². The zero-order valence-corrected chi connectivity index (χ0v) is 18.7. The Bertz CT molecular complexity index is 1220. The van der Waals surface area contributed by atoms with Crippen molar-refractivity contribution in [1.82, 2.24) is 14.8 Å². The number of para-hydroxylation sites is 1. The van der Waals surface area contributed by atoms with Crippen LogP contribution in [-0.2, 0) is 16.2 Å². The maximum Gasteiger partial charge on any atom is 0.249 e. The first kappa shape index (κ1) is 21.6. The van der Waals surface area contributed by atoms with Crippen LogP contribution in [0.3, 0.4) is 0 Å². The van der Waals surface area contributed by atoms with E-state index in [9.17, 15) is 9.18 Å². The number of hydrogen-bond donors (Lipinski definition) is 0. The van der Waals surface area contributed by atoms with E-state index in [1.54, 1.807) is 6.07 Å². The molecule has 2 aliphatic rings. The average molecular weight is 447 g/mol. The zero-order chi connectivity index (χ0) is 22.9. The van der Waals surface area contributed by atoms with Crippen molar-refractivity contribution in [2.45, 2.75) is 51.6 Å². The molecule has 0 unspecified atom stereocenters. The van der Waals surface area contributed by atoms with Gasteiger partial charge < -0.3 is 0 Å². The van der Waals surface area contributed by atoms with Crippen LogP contribution in [0.2, 0.25) is 0 Å². The molecule has 1 saturated heterocycles. The van der Waals surface area contributed by atoms with E-state index in [4.69, 9.17) is 15.2 Å². The lowest BCUT2D eigenvalue weighted by Gasteiger charge is -2.32. The number of aryl methyl sites for hydroxylation is 1. The van der Waals surface area contributed by atoms with Crippen LogP contribution >= 0.6 is 0 Å². The smallest absolute Gasteiger partial charge is 0.249 e. The predicted octanol–water partition coefficient (Wildman–Crippen LogP) is 5.07. The molecular formula is C26H27FN4O2. The minimum atomic E-state index is -0.467. The van der Waals surface area contributed by atoms with Gasteiger partial charge in [-0.3, -0.25) is 14.3 Å². The number of fused-ring (bicyclic) bond motifs is 1. The van der Waals surface area contributed by atoms with Gasteiger partial charge >= 0.3 is 0 Å². The number of aromatic nitrogens is 2. The van der Waals surface area contributed by atoms with Crippen LogP contribution in [0.4, 0.5) is 4.39 Å². The molecule has 1 aliphatic heterocycles. The number of carbonyl (C=O) groups is 1. The molecule has 1 saturated carbocycles. The normalized spacial score (nSPS) is 23.1. The number of nitriles is 1. The summed E-state index contributed by atoms with van der Waals surface area (Å²) in [5.41, 5.74) is 3.08. The van der Waals surface area contributed by atoms with E-state index in [-0.39, 0.29) is 23.4 Å². The minimum absolute atomic E-state index is 0.0286. The van der Waals surface area contributed by atoms with Crippen molar-refractivity contribution in [3.63, 3.8) is 0 Å². The molecule has 2 fully saturated rings. The van der Waals surface area contributed by atoms with E-state index in [0.29, 0.717) is 24.5 Å². The van der Waals surface area contributed by atoms with Gasteiger partial charge in [-0.15, -0.1) is 0 Å². The second kappa shape index (κ2) is 8.95. The van der Waals surface area contributed by atoms with Gasteiger partial charge in [0.2, 0.25) is 5.91 Å². The van der Waals surface area contributed by atoms with Crippen LogP contribution < -0.4 is 0 Å². The number of nitrogens with zero attached hydrogens (tertiary/aromatic N) is 4. The summed E-state index contributed by atoms with van der Waals surface area (Å²) in [5, 5.41) is 16.5. The SMILES string of the molecule is Cc1nn(C[C@H]2CC[C@H](C(=O)N3OCC[C@H]3c3cc(F)cc(C#N)c3)CC2)c2ccccc12. The summed E-state index contributed by atoms with van der Waals surface area (Å²) in [7, 11) is 0. The standard InChI is InChI=1S/C26H27FN4O2/c1-17-23-4-2-3-5-25(23)30(29-17)16-18-6-8-20(9-7-18)26(32)31-24(10-11-33-31)21-12-19(15-28)13-22(27)14-21/h2-5,12-14,18,20,24H,6-11,16H2,1H3/t18-,20-,24-/m0/s1. The highest BCUT2D eigenvalue weighted by Crippen LogP contribution is 2.37. The number of halogens is 1. The summed E-state index contributed by atoms with van der Waals surface area (Å²) in [5.74, 6) is -0.111. The van der Waals surface area contributed by atoms with Gasteiger partial charge in [-0.25, -0.2) is 9.45 Å². The lowest BCUT2D eigenvalue weighted by molar-refractivity contribution is -0.183. The van der Waals surface area contributed by atoms with Gasteiger partial charge in [-0.05, 0) is 68.4 Å². The van der Waals surface area contributed by atoms with Crippen molar-refractivity contribution >= 4 is 16.8 Å². The molecule has 7 heteroatoms. The molecule has 0 radical (unpaired) electrons. The van der Waals surface area contributed by atoms with Gasteiger partial charge in [-0.1, -0.05) is 18.2 Å². The van der Waals surface area contributed by atoms with Crippen molar-refractivity contribution < 1.29 is 14.0 Å². The van der Waals surface area contributed by atoms with Crippen molar-refractivity contribution in [3.05, 3.63) is 65.1 Å².